The van der Waals surface area contributed by atoms with E-state index in [2.05, 4.69) is 12.0 Å². The summed E-state index contributed by atoms with van der Waals surface area (Å²) in [5.74, 6) is 0. The number of hydrogen-bond acceptors (Lipinski definition) is 1. The van der Waals surface area contributed by atoms with Gasteiger partial charge < -0.3 is 9.79 Å². The van der Waals surface area contributed by atoms with Crippen molar-refractivity contribution in [2.24, 2.45) is 0 Å². The molecule has 0 spiro atoms. The summed E-state index contributed by atoms with van der Waals surface area (Å²) in [4.78, 5) is 16.9. The summed E-state index contributed by atoms with van der Waals surface area (Å²) >= 11 is 0. The first-order valence-electron chi connectivity index (χ1n) is 4.87. The maximum absolute atomic E-state index is 10.3. The van der Waals surface area contributed by atoms with E-state index < -0.39 is 7.75 Å². The first kappa shape index (κ1) is 17.8. The van der Waals surface area contributed by atoms with Gasteiger partial charge >= 0.3 is 7.75 Å². The molecule has 0 aromatic heterocycles. The van der Waals surface area contributed by atoms with Crippen molar-refractivity contribution in [3.63, 3.8) is 0 Å². The van der Waals surface area contributed by atoms with Crippen molar-refractivity contribution in [3.8, 4) is 0 Å². The zero-order valence-electron chi connectivity index (χ0n) is 8.91. The van der Waals surface area contributed by atoms with Gasteiger partial charge in [0.1, 0.15) is 0 Å². The van der Waals surface area contributed by atoms with Gasteiger partial charge in [-0.15, -0.1) is 0 Å². The van der Waals surface area contributed by atoms with Crippen LogP contribution in [0, 0.1) is 0 Å². The van der Waals surface area contributed by atoms with Gasteiger partial charge in [0, 0.05) is 44.3 Å². The molecule has 0 amide bonds. The summed E-state index contributed by atoms with van der Waals surface area (Å²) < 4.78 is 10.3. The molecule has 0 unspecified atom stereocenters. The van der Waals surface area contributed by atoms with E-state index >= 15 is 0 Å². The summed E-state index contributed by atoms with van der Waals surface area (Å²) in [6, 6.07) is 0. The Morgan fingerprint density at radius 1 is 1.07 bits per heavy atom. The van der Waals surface area contributed by atoms with E-state index in [1.165, 1.54) is 19.3 Å². The van der Waals surface area contributed by atoms with Crippen LogP contribution in [-0.4, -0.2) is 54.1 Å². The van der Waals surface area contributed by atoms with Crippen LogP contribution in [0.5, 0.6) is 0 Å². The van der Waals surface area contributed by atoms with Crippen molar-refractivity contribution in [3.05, 3.63) is 0 Å². The Labute approximate surface area is 116 Å². The van der Waals surface area contributed by atoms with Crippen molar-refractivity contribution < 1.29 is 14.4 Å². The fourth-order valence-corrected chi connectivity index (χ4v) is 1.58. The van der Waals surface area contributed by atoms with E-state index in [9.17, 15) is 4.57 Å². The van der Waals surface area contributed by atoms with E-state index in [1.807, 2.05) is 0 Å². The molecule has 82 valence electrons. The second-order valence-corrected chi connectivity index (χ2v) is 4.62. The third-order valence-corrected chi connectivity index (χ3v) is 2.48. The predicted molar refractivity (Wildman–Crippen MR) is 59.2 cm³/mol. The zero-order valence-corrected chi connectivity index (χ0v) is 12.0. The standard InChI is InChI=1S/C8H20NO3P.Ca/c1-2-3-4-5-6-7-8-9-13(10,11)12;/h2-8H2,1H3,(H3,9,10,11,12);. The minimum absolute atomic E-state index is 0. The number of nitrogens with one attached hydrogen (secondary N) is 1. The Morgan fingerprint density at radius 3 is 2.07 bits per heavy atom. The summed E-state index contributed by atoms with van der Waals surface area (Å²) in [5, 5.41) is 2.18. The van der Waals surface area contributed by atoms with Crippen LogP contribution in [0.4, 0.5) is 0 Å². The Balaban J connectivity index is 0. The molecule has 0 atom stereocenters. The summed E-state index contributed by atoms with van der Waals surface area (Å²) in [6.45, 7) is 2.58. The monoisotopic (exact) mass is 249 g/mol. The molecule has 0 saturated carbocycles. The minimum atomic E-state index is -3.98. The second kappa shape index (κ2) is 10.9. The quantitative estimate of drug-likeness (QED) is 0.347. The number of unbranched alkanes of at least 4 members (excludes halogenated alkanes) is 5. The van der Waals surface area contributed by atoms with E-state index in [0.717, 1.165) is 19.3 Å². The van der Waals surface area contributed by atoms with E-state index in [1.54, 1.807) is 0 Å². The van der Waals surface area contributed by atoms with E-state index in [-0.39, 0.29) is 37.7 Å². The van der Waals surface area contributed by atoms with Gasteiger partial charge in [-0.1, -0.05) is 39.0 Å². The van der Waals surface area contributed by atoms with Crippen molar-refractivity contribution in [2.75, 3.05) is 6.54 Å². The Hall–Kier alpha value is 1.37. The zero-order chi connectivity index (χ0) is 10.2. The van der Waals surface area contributed by atoms with Gasteiger partial charge in [-0.3, -0.25) is 0 Å². The van der Waals surface area contributed by atoms with E-state index in [0.29, 0.717) is 6.54 Å². The van der Waals surface area contributed by atoms with Crippen LogP contribution in [0.15, 0.2) is 0 Å². The normalized spacial score (nSPS) is 11.1. The maximum atomic E-state index is 10.3. The summed E-state index contributed by atoms with van der Waals surface area (Å²) in [5.41, 5.74) is 0. The molecule has 0 saturated heterocycles. The first-order valence-corrected chi connectivity index (χ1v) is 6.48. The Kier molecular flexibility index (Phi) is 13.8. The average Bonchev–Trinajstić information content (AvgIpc) is 2.01. The van der Waals surface area contributed by atoms with Gasteiger partial charge in [0.15, 0.2) is 0 Å². The van der Waals surface area contributed by atoms with Gasteiger partial charge in [0.2, 0.25) is 0 Å². The van der Waals surface area contributed by atoms with Crippen molar-refractivity contribution in [2.45, 2.75) is 45.4 Å². The number of rotatable bonds is 8. The van der Waals surface area contributed by atoms with Crippen LogP contribution in [0.1, 0.15) is 45.4 Å². The van der Waals surface area contributed by atoms with Crippen LogP contribution < -0.4 is 5.09 Å². The Morgan fingerprint density at radius 2 is 1.57 bits per heavy atom. The molecule has 14 heavy (non-hydrogen) atoms. The molecule has 0 rings (SSSR count). The van der Waals surface area contributed by atoms with Crippen LogP contribution >= 0.6 is 7.75 Å². The topological polar surface area (TPSA) is 69.6 Å². The van der Waals surface area contributed by atoms with Crippen LogP contribution in [0.3, 0.4) is 0 Å². The smallest absolute Gasteiger partial charge is 0.313 e. The molecule has 0 fully saturated rings. The first-order chi connectivity index (χ1) is 6.06. The molecular formula is C8H20CaNO3P. The van der Waals surface area contributed by atoms with E-state index in [4.69, 9.17) is 9.79 Å². The third-order valence-electron chi connectivity index (χ3n) is 1.85. The van der Waals surface area contributed by atoms with Gasteiger partial charge in [-0.25, -0.2) is 9.65 Å². The van der Waals surface area contributed by atoms with Gasteiger partial charge in [0.25, 0.3) is 0 Å². The largest absolute Gasteiger partial charge is 0.400 e. The number of hydrogen-bond donors (Lipinski definition) is 3. The molecule has 0 heterocycles. The fraction of sp³-hybridized carbons (Fsp3) is 1.00. The molecule has 0 aliphatic heterocycles. The predicted octanol–water partition coefficient (Wildman–Crippen LogP) is 1.65. The minimum Gasteiger partial charge on any atom is -0.313 e. The summed E-state index contributed by atoms with van der Waals surface area (Å²) in [6.07, 6.45) is 6.76. The summed E-state index contributed by atoms with van der Waals surface area (Å²) in [7, 11) is -3.98. The molecular weight excluding hydrogens is 229 g/mol. The van der Waals surface area contributed by atoms with Crippen molar-refractivity contribution in [1.82, 2.24) is 5.09 Å². The van der Waals surface area contributed by atoms with Crippen LogP contribution in [0.2, 0.25) is 0 Å². The molecule has 0 aliphatic carbocycles. The average molecular weight is 249 g/mol. The molecule has 4 nitrogen and oxygen atoms in total. The van der Waals surface area contributed by atoms with Gasteiger partial charge in [-0.05, 0) is 6.42 Å². The molecule has 0 aromatic carbocycles. The molecule has 0 aromatic rings. The third kappa shape index (κ3) is 15.8. The van der Waals surface area contributed by atoms with Crippen molar-refractivity contribution >= 4 is 45.5 Å². The van der Waals surface area contributed by atoms with Crippen molar-refractivity contribution in [1.29, 1.82) is 0 Å². The molecule has 6 heteroatoms. The Bertz CT molecular complexity index is 163. The fourth-order valence-electron chi connectivity index (χ4n) is 1.13. The molecule has 2 radical (unpaired) electrons. The molecule has 0 bridgehead atoms. The SMILES string of the molecule is CCCCCCCCNP(=O)(O)O.[Ca]. The molecule has 0 aliphatic rings. The van der Waals surface area contributed by atoms with Crippen LogP contribution in [-0.2, 0) is 4.57 Å². The molecule has 3 N–H and O–H groups in total. The van der Waals surface area contributed by atoms with Gasteiger partial charge in [-0.2, -0.15) is 0 Å². The van der Waals surface area contributed by atoms with Gasteiger partial charge in [0.05, 0.1) is 0 Å². The van der Waals surface area contributed by atoms with Crippen LogP contribution in [0.25, 0.3) is 0 Å². The maximum Gasteiger partial charge on any atom is 0.400 e. The second-order valence-electron chi connectivity index (χ2n) is 3.22.